The number of rotatable bonds is 1. The van der Waals surface area contributed by atoms with E-state index in [2.05, 4.69) is 71.4 Å². The monoisotopic (exact) mass is 326 g/mol. The molecule has 0 saturated heterocycles. The van der Waals surface area contributed by atoms with Crippen LogP contribution in [0.4, 0.5) is 17.1 Å². The van der Waals surface area contributed by atoms with E-state index >= 15 is 0 Å². The first-order valence-corrected chi connectivity index (χ1v) is 9.43. The van der Waals surface area contributed by atoms with Crippen LogP contribution in [-0.2, 0) is 0 Å². The standard InChI is InChI=1S/C23H22N2/c1-24-14-25(19-9-8-15-4-2-3-5-16(15)11-19)23-13-21-18-7-6-17(10-18)20(21)12-22(23)24/h2-5,8-9,11-13,17-18H,6-7,10,14H2,1H3. The zero-order valence-electron chi connectivity index (χ0n) is 14.6. The van der Waals surface area contributed by atoms with Crippen LogP contribution in [0.25, 0.3) is 10.8 Å². The zero-order valence-corrected chi connectivity index (χ0v) is 14.6. The second-order valence-corrected chi connectivity index (χ2v) is 7.98. The topological polar surface area (TPSA) is 6.48 Å². The molecule has 3 aromatic rings. The van der Waals surface area contributed by atoms with Crippen LogP contribution in [0.5, 0.6) is 0 Å². The van der Waals surface area contributed by atoms with Gasteiger partial charge in [-0.05, 0) is 77.3 Å². The molecule has 1 aliphatic heterocycles. The SMILES string of the molecule is CN1CN(c2ccc3ccccc3c2)c2cc3c(cc21)C1CCC3C1. The lowest BCUT2D eigenvalue weighted by Crippen LogP contribution is -2.23. The maximum absolute atomic E-state index is 2.51. The van der Waals surface area contributed by atoms with Gasteiger partial charge in [-0.15, -0.1) is 0 Å². The summed E-state index contributed by atoms with van der Waals surface area (Å²) in [5.41, 5.74) is 7.37. The van der Waals surface area contributed by atoms with Gasteiger partial charge in [0.2, 0.25) is 0 Å². The molecule has 2 nitrogen and oxygen atoms in total. The molecule has 0 aromatic heterocycles. The van der Waals surface area contributed by atoms with Crippen molar-refractivity contribution in [2.24, 2.45) is 0 Å². The number of benzene rings is 3. The lowest BCUT2D eigenvalue weighted by molar-refractivity contribution is 0.718. The van der Waals surface area contributed by atoms with Gasteiger partial charge in [0.15, 0.2) is 0 Å². The molecular weight excluding hydrogens is 304 g/mol. The fourth-order valence-electron chi connectivity index (χ4n) is 5.31. The van der Waals surface area contributed by atoms with Crippen molar-refractivity contribution >= 4 is 27.8 Å². The third-order valence-electron chi connectivity index (χ3n) is 6.59. The van der Waals surface area contributed by atoms with Gasteiger partial charge in [0.1, 0.15) is 0 Å². The van der Waals surface area contributed by atoms with Crippen LogP contribution in [0, 0.1) is 0 Å². The maximum Gasteiger partial charge on any atom is 0.0950 e. The van der Waals surface area contributed by atoms with Crippen molar-refractivity contribution in [2.45, 2.75) is 31.1 Å². The van der Waals surface area contributed by atoms with Gasteiger partial charge in [0, 0.05) is 12.7 Å². The van der Waals surface area contributed by atoms with E-state index in [1.165, 1.54) is 47.1 Å². The lowest BCUT2D eigenvalue weighted by Gasteiger charge is -2.21. The number of hydrogen-bond acceptors (Lipinski definition) is 2. The van der Waals surface area contributed by atoms with Crippen molar-refractivity contribution in [3.8, 4) is 0 Å². The van der Waals surface area contributed by atoms with Crippen LogP contribution in [0.1, 0.15) is 42.2 Å². The predicted molar refractivity (Wildman–Crippen MR) is 105 cm³/mol. The summed E-state index contributed by atoms with van der Waals surface area (Å²) in [5, 5.41) is 2.63. The first-order chi connectivity index (χ1) is 12.3. The van der Waals surface area contributed by atoms with Gasteiger partial charge in [0.25, 0.3) is 0 Å². The third-order valence-corrected chi connectivity index (χ3v) is 6.59. The molecule has 1 saturated carbocycles. The Labute approximate surface area is 148 Å². The summed E-state index contributed by atoms with van der Waals surface area (Å²) in [7, 11) is 2.22. The first-order valence-electron chi connectivity index (χ1n) is 9.43. The van der Waals surface area contributed by atoms with Gasteiger partial charge < -0.3 is 9.80 Å². The van der Waals surface area contributed by atoms with Crippen LogP contribution in [0.2, 0.25) is 0 Å². The van der Waals surface area contributed by atoms with Crippen molar-refractivity contribution in [3.05, 3.63) is 65.7 Å². The molecule has 3 aromatic carbocycles. The van der Waals surface area contributed by atoms with Crippen molar-refractivity contribution < 1.29 is 0 Å². The minimum Gasteiger partial charge on any atom is -0.355 e. The number of fused-ring (bicyclic) bond motifs is 7. The zero-order chi connectivity index (χ0) is 16.5. The minimum absolute atomic E-state index is 0.814. The molecule has 0 amide bonds. The largest absolute Gasteiger partial charge is 0.355 e. The van der Waals surface area contributed by atoms with E-state index in [-0.39, 0.29) is 0 Å². The highest BCUT2D eigenvalue weighted by Crippen LogP contribution is 2.56. The van der Waals surface area contributed by atoms with E-state index in [4.69, 9.17) is 0 Å². The molecule has 1 heterocycles. The Bertz CT molecular complexity index is 1010. The van der Waals surface area contributed by atoms with E-state index in [9.17, 15) is 0 Å². The molecule has 2 bridgehead atoms. The van der Waals surface area contributed by atoms with Gasteiger partial charge in [-0.25, -0.2) is 0 Å². The summed E-state index contributed by atoms with van der Waals surface area (Å²) < 4.78 is 0. The summed E-state index contributed by atoms with van der Waals surface area (Å²) in [6, 6.07) is 20.5. The molecule has 0 radical (unpaired) electrons. The second kappa shape index (κ2) is 4.78. The quantitative estimate of drug-likeness (QED) is 0.562. The van der Waals surface area contributed by atoms with Crippen molar-refractivity contribution in [2.75, 3.05) is 23.5 Å². The Kier molecular flexibility index (Phi) is 2.64. The molecule has 6 rings (SSSR count). The predicted octanol–water partition coefficient (Wildman–Crippen LogP) is 5.75. The molecule has 2 unspecified atom stereocenters. The second-order valence-electron chi connectivity index (χ2n) is 7.98. The molecule has 2 heteroatoms. The summed E-state index contributed by atoms with van der Waals surface area (Å²) >= 11 is 0. The van der Waals surface area contributed by atoms with E-state index in [1.54, 1.807) is 11.1 Å². The average Bonchev–Trinajstić information content (AvgIpc) is 3.34. The van der Waals surface area contributed by atoms with Crippen LogP contribution in [0.15, 0.2) is 54.6 Å². The molecule has 124 valence electrons. The molecule has 2 aliphatic carbocycles. The third kappa shape index (κ3) is 1.85. The summed E-state index contributed by atoms with van der Waals surface area (Å²) in [4.78, 5) is 4.88. The summed E-state index contributed by atoms with van der Waals surface area (Å²) in [6.45, 7) is 0.936. The molecule has 0 spiro atoms. The van der Waals surface area contributed by atoms with E-state index in [1.807, 2.05) is 0 Å². The van der Waals surface area contributed by atoms with Crippen LogP contribution < -0.4 is 9.80 Å². The van der Waals surface area contributed by atoms with Crippen LogP contribution in [0.3, 0.4) is 0 Å². The Balaban J connectivity index is 1.50. The number of hydrogen-bond donors (Lipinski definition) is 0. The van der Waals surface area contributed by atoms with Gasteiger partial charge in [0.05, 0.1) is 18.0 Å². The van der Waals surface area contributed by atoms with E-state index in [0.29, 0.717) is 0 Å². The average molecular weight is 326 g/mol. The van der Waals surface area contributed by atoms with Crippen LogP contribution >= 0.6 is 0 Å². The number of nitrogens with zero attached hydrogens (tertiary/aromatic N) is 2. The highest BCUT2D eigenvalue weighted by atomic mass is 15.4. The maximum atomic E-state index is 2.51. The normalized spacial score (nSPS) is 23.4. The Morgan fingerprint density at radius 1 is 0.800 bits per heavy atom. The van der Waals surface area contributed by atoms with Crippen LogP contribution in [-0.4, -0.2) is 13.7 Å². The van der Waals surface area contributed by atoms with Gasteiger partial charge in [-0.3, -0.25) is 0 Å². The van der Waals surface area contributed by atoms with Gasteiger partial charge >= 0.3 is 0 Å². The minimum atomic E-state index is 0.814. The molecule has 2 atom stereocenters. The van der Waals surface area contributed by atoms with Crippen molar-refractivity contribution in [1.82, 2.24) is 0 Å². The van der Waals surface area contributed by atoms with Gasteiger partial charge in [-0.2, -0.15) is 0 Å². The molecular formula is C23H22N2. The van der Waals surface area contributed by atoms with E-state index in [0.717, 1.165) is 18.5 Å². The fourth-order valence-corrected chi connectivity index (χ4v) is 5.31. The fraction of sp³-hybridized carbons (Fsp3) is 0.304. The molecule has 25 heavy (non-hydrogen) atoms. The van der Waals surface area contributed by atoms with Gasteiger partial charge in [-0.1, -0.05) is 30.3 Å². The highest BCUT2D eigenvalue weighted by molar-refractivity contribution is 5.90. The smallest absolute Gasteiger partial charge is 0.0950 e. The Hall–Kier alpha value is -2.48. The lowest BCUT2D eigenvalue weighted by atomic mass is 9.90. The van der Waals surface area contributed by atoms with E-state index < -0.39 is 0 Å². The van der Waals surface area contributed by atoms with Crippen molar-refractivity contribution in [3.63, 3.8) is 0 Å². The number of anilines is 3. The Morgan fingerprint density at radius 2 is 1.52 bits per heavy atom. The summed E-state index contributed by atoms with van der Waals surface area (Å²) in [5.74, 6) is 1.64. The first kappa shape index (κ1) is 13.8. The summed E-state index contributed by atoms with van der Waals surface area (Å²) in [6.07, 6.45) is 4.18. The molecule has 3 aliphatic rings. The Morgan fingerprint density at radius 3 is 2.32 bits per heavy atom. The molecule has 0 N–H and O–H groups in total. The molecule has 1 fully saturated rings. The van der Waals surface area contributed by atoms with Crippen molar-refractivity contribution in [1.29, 1.82) is 0 Å². The highest BCUT2D eigenvalue weighted by Gasteiger charge is 2.39.